The highest BCUT2D eigenvalue weighted by Crippen LogP contribution is 2.16. The Bertz CT molecular complexity index is 322. The van der Waals surface area contributed by atoms with E-state index in [0.29, 0.717) is 18.4 Å². The smallest absolute Gasteiger partial charge is 0.234 e. The van der Waals surface area contributed by atoms with Gasteiger partial charge < -0.3 is 10.6 Å². The van der Waals surface area contributed by atoms with Gasteiger partial charge in [0.25, 0.3) is 0 Å². The van der Waals surface area contributed by atoms with Crippen molar-refractivity contribution in [2.24, 2.45) is 11.8 Å². The normalized spacial score (nSPS) is 22.3. The molecule has 1 fully saturated rings. The number of nitrogens with zero attached hydrogens (tertiary/aromatic N) is 1. The van der Waals surface area contributed by atoms with Crippen molar-refractivity contribution in [3.05, 3.63) is 0 Å². The lowest BCUT2D eigenvalue weighted by Gasteiger charge is -2.34. The molecular formula is C17H35N3O. The van der Waals surface area contributed by atoms with Crippen LogP contribution in [0.15, 0.2) is 0 Å². The van der Waals surface area contributed by atoms with Gasteiger partial charge in [-0.2, -0.15) is 0 Å². The summed E-state index contributed by atoms with van der Waals surface area (Å²) >= 11 is 0. The zero-order chi connectivity index (χ0) is 16.0. The van der Waals surface area contributed by atoms with Crippen molar-refractivity contribution in [3.63, 3.8) is 0 Å². The molecule has 124 valence electrons. The molecule has 21 heavy (non-hydrogen) atoms. The number of hydrogen-bond acceptors (Lipinski definition) is 3. The second kappa shape index (κ2) is 8.14. The van der Waals surface area contributed by atoms with E-state index < -0.39 is 0 Å². The molecule has 0 aromatic rings. The Kier molecular flexibility index (Phi) is 7.14. The summed E-state index contributed by atoms with van der Waals surface area (Å²) in [4.78, 5) is 14.4. The van der Waals surface area contributed by atoms with E-state index in [9.17, 15) is 4.79 Å². The van der Waals surface area contributed by atoms with Crippen LogP contribution in [0.1, 0.15) is 54.4 Å². The first-order valence-electron chi connectivity index (χ1n) is 8.44. The minimum Gasteiger partial charge on any atom is -0.352 e. The lowest BCUT2D eigenvalue weighted by Crippen LogP contribution is -2.48. The van der Waals surface area contributed by atoms with Gasteiger partial charge in [-0.25, -0.2) is 0 Å². The molecule has 2 atom stereocenters. The first-order chi connectivity index (χ1) is 9.67. The highest BCUT2D eigenvalue weighted by Gasteiger charge is 2.23. The van der Waals surface area contributed by atoms with Crippen LogP contribution in [0.3, 0.4) is 0 Å². The Morgan fingerprint density at radius 2 is 1.95 bits per heavy atom. The molecule has 0 spiro atoms. The number of rotatable bonds is 6. The summed E-state index contributed by atoms with van der Waals surface area (Å²) in [6.07, 6.45) is 2.47. The molecule has 4 nitrogen and oxygen atoms in total. The SMILES string of the molecule is CC(C)C(C)NC(=O)CN1CCCC(CNC(C)(C)C)C1. The van der Waals surface area contributed by atoms with Crippen LogP contribution in [0.2, 0.25) is 0 Å². The van der Waals surface area contributed by atoms with Gasteiger partial charge in [0, 0.05) is 18.1 Å². The monoisotopic (exact) mass is 297 g/mol. The Balaban J connectivity index is 2.34. The van der Waals surface area contributed by atoms with Crippen molar-refractivity contribution in [2.75, 3.05) is 26.2 Å². The van der Waals surface area contributed by atoms with E-state index in [1.54, 1.807) is 0 Å². The third kappa shape index (κ3) is 7.82. The lowest BCUT2D eigenvalue weighted by atomic mass is 9.96. The average Bonchev–Trinajstić information content (AvgIpc) is 2.35. The fourth-order valence-electron chi connectivity index (χ4n) is 2.58. The fraction of sp³-hybridized carbons (Fsp3) is 0.941. The maximum atomic E-state index is 12.1. The molecule has 1 heterocycles. The van der Waals surface area contributed by atoms with Crippen molar-refractivity contribution in [3.8, 4) is 0 Å². The number of nitrogens with one attached hydrogen (secondary N) is 2. The largest absolute Gasteiger partial charge is 0.352 e. The van der Waals surface area contributed by atoms with Gasteiger partial charge in [-0.1, -0.05) is 13.8 Å². The number of carbonyl (C=O) groups is 1. The van der Waals surface area contributed by atoms with Crippen LogP contribution in [-0.2, 0) is 4.79 Å². The average molecular weight is 297 g/mol. The quantitative estimate of drug-likeness (QED) is 0.790. The molecule has 2 unspecified atom stereocenters. The van der Waals surface area contributed by atoms with E-state index in [1.165, 1.54) is 12.8 Å². The lowest BCUT2D eigenvalue weighted by molar-refractivity contribution is -0.123. The van der Waals surface area contributed by atoms with Gasteiger partial charge in [0.2, 0.25) is 5.91 Å². The summed E-state index contributed by atoms with van der Waals surface area (Å²) in [5.74, 6) is 1.31. The molecule has 1 aliphatic heterocycles. The van der Waals surface area contributed by atoms with E-state index in [0.717, 1.165) is 19.6 Å². The highest BCUT2D eigenvalue weighted by molar-refractivity contribution is 5.78. The first-order valence-corrected chi connectivity index (χ1v) is 8.44. The van der Waals surface area contributed by atoms with Crippen LogP contribution >= 0.6 is 0 Å². The van der Waals surface area contributed by atoms with Crippen LogP contribution in [0.4, 0.5) is 0 Å². The highest BCUT2D eigenvalue weighted by atomic mass is 16.2. The molecule has 0 radical (unpaired) electrons. The van der Waals surface area contributed by atoms with E-state index in [1.807, 2.05) is 0 Å². The molecular weight excluding hydrogens is 262 g/mol. The molecule has 0 bridgehead atoms. The first kappa shape index (κ1) is 18.4. The molecule has 0 aromatic carbocycles. The second-order valence-electron chi connectivity index (χ2n) is 7.97. The van der Waals surface area contributed by atoms with Gasteiger partial charge in [0.1, 0.15) is 0 Å². The number of likely N-dealkylation sites (tertiary alicyclic amines) is 1. The predicted molar refractivity (Wildman–Crippen MR) is 89.4 cm³/mol. The van der Waals surface area contributed by atoms with Gasteiger partial charge in [0.05, 0.1) is 6.54 Å². The van der Waals surface area contributed by atoms with Crippen molar-refractivity contribution >= 4 is 5.91 Å². The molecule has 2 N–H and O–H groups in total. The zero-order valence-corrected chi connectivity index (χ0v) is 14.8. The van der Waals surface area contributed by atoms with Gasteiger partial charge >= 0.3 is 0 Å². The Hall–Kier alpha value is -0.610. The van der Waals surface area contributed by atoms with Gasteiger partial charge in [-0.05, 0) is 65.5 Å². The molecule has 0 aromatic heterocycles. The minimum absolute atomic E-state index is 0.167. The molecule has 1 aliphatic rings. The topological polar surface area (TPSA) is 44.4 Å². The number of carbonyl (C=O) groups excluding carboxylic acids is 1. The summed E-state index contributed by atoms with van der Waals surface area (Å²) in [5.41, 5.74) is 0.173. The molecule has 0 saturated carbocycles. The molecule has 1 rings (SSSR count). The summed E-state index contributed by atoms with van der Waals surface area (Å²) in [6.45, 7) is 16.6. The Morgan fingerprint density at radius 1 is 1.29 bits per heavy atom. The maximum Gasteiger partial charge on any atom is 0.234 e. The predicted octanol–water partition coefficient (Wildman–Crippen LogP) is 2.25. The molecule has 0 aliphatic carbocycles. The third-order valence-electron chi connectivity index (χ3n) is 4.28. The van der Waals surface area contributed by atoms with Crippen LogP contribution in [0, 0.1) is 11.8 Å². The maximum absolute atomic E-state index is 12.1. The van der Waals surface area contributed by atoms with Gasteiger partial charge in [-0.3, -0.25) is 9.69 Å². The molecule has 1 amide bonds. The molecule has 1 saturated heterocycles. The van der Waals surface area contributed by atoms with Crippen molar-refractivity contribution in [1.82, 2.24) is 15.5 Å². The van der Waals surface area contributed by atoms with Crippen molar-refractivity contribution in [1.29, 1.82) is 0 Å². The van der Waals surface area contributed by atoms with E-state index in [2.05, 4.69) is 57.1 Å². The summed E-state index contributed by atoms with van der Waals surface area (Å²) < 4.78 is 0. The van der Waals surface area contributed by atoms with Gasteiger partial charge in [0.15, 0.2) is 0 Å². The van der Waals surface area contributed by atoms with Crippen LogP contribution in [0.25, 0.3) is 0 Å². The summed E-state index contributed by atoms with van der Waals surface area (Å²) in [7, 11) is 0. The Morgan fingerprint density at radius 3 is 2.52 bits per heavy atom. The standard InChI is InChI=1S/C17H35N3O/c1-13(2)14(3)19-16(21)12-20-9-7-8-15(11-20)10-18-17(4,5)6/h13-15,18H,7-12H2,1-6H3,(H,19,21). The van der Waals surface area contributed by atoms with Crippen molar-refractivity contribution in [2.45, 2.75) is 66.0 Å². The number of piperidine rings is 1. The van der Waals surface area contributed by atoms with E-state index in [4.69, 9.17) is 0 Å². The van der Waals surface area contributed by atoms with Gasteiger partial charge in [-0.15, -0.1) is 0 Å². The van der Waals surface area contributed by atoms with Crippen LogP contribution in [-0.4, -0.2) is 48.6 Å². The number of amides is 1. The summed E-state index contributed by atoms with van der Waals surface area (Å²) in [6, 6.07) is 0.251. The Labute approximate surface area is 131 Å². The minimum atomic E-state index is 0.167. The van der Waals surface area contributed by atoms with E-state index >= 15 is 0 Å². The van der Waals surface area contributed by atoms with Crippen molar-refractivity contribution < 1.29 is 4.79 Å². The van der Waals surface area contributed by atoms with E-state index in [-0.39, 0.29) is 17.5 Å². The third-order valence-corrected chi connectivity index (χ3v) is 4.28. The zero-order valence-electron chi connectivity index (χ0n) is 14.8. The van der Waals surface area contributed by atoms with Crippen LogP contribution in [0.5, 0.6) is 0 Å². The summed E-state index contributed by atoms with van der Waals surface area (Å²) in [5, 5.41) is 6.69. The fourth-order valence-corrected chi connectivity index (χ4v) is 2.58. The van der Waals surface area contributed by atoms with Crippen LogP contribution < -0.4 is 10.6 Å². The number of hydrogen-bond donors (Lipinski definition) is 2. The molecule has 4 heteroatoms. The second-order valence-corrected chi connectivity index (χ2v) is 7.97.